The number of carboxylic acids is 1. The minimum absolute atomic E-state index is 0.238. The van der Waals surface area contributed by atoms with Crippen LogP contribution in [-0.4, -0.2) is 26.0 Å². The molecule has 0 aromatic heterocycles. The van der Waals surface area contributed by atoms with Gasteiger partial charge in [0.1, 0.15) is 5.82 Å². The molecule has 0 fully saturated rings. The maximum Gasteiger partial charge on any atom is 0.338 e. The summed E-state index contributed by atoms with van der Waals surface area (Å²) in [6.45, 7) is 2.03. The summed E-state index contributed by atoms with van der Waals surface area (Å²) < 4.78 is 38.6. The van der Waals surface area contributed by atoms with Crippen molar-refractivity contribution in [2.75, 3.05) is 6.54 Å². The molecule has 17 heavy (non-hydrogen) atoms. The first-order valence-corrected chi connectivity index (χ1v) is 6.39. The Bertz CT molecular complexity index is 527. The first kappa shape index (κ1) is 13.6. The molecule has 0 aliphatic rings. The predicted molar refractivity (Wildman–Crippen MR) is 58.8 cm³/mol. The van der Waals surface area contributed by atoms with Crippen LogP contribution in [0.5, 0.6) is 0 Å². The number of hydrogen-bond donors (Lipinski definition) is 2. The molecule has 7 heteroatoms. The van der Waals surface area contributed by atoms with Crippen molar-refractivity contribution in [1.29, 1.82) is 0 Å². The van der Waals surface area contributed by atoms with E-state index in [4.69, 9.17) is 5.11 Å². The lowest BCUT2D eigenvalue weighted by molar-refractivity contribution is 0.0691. The third-order valence-corrected chi connectivity index (χ3v) is 3.48. The van der Waals surface area contributed by atoms with E-state index in [2.05, 4.69) is 4.72 Å². The van der Waals surface area contributed by atoms with Gasteiger partial charge in [-0.1, -0.05) is 6.92 Å². The van der Waals surface area contributed by atoms with Crippen LogP contribution >= 0.6 is 0 Å². The Kier molecular flexibility index (Phi) is 4.19. The van der Waals surface area contributed by atoms with Crippen molar-refractivity contribution >= 4 is 16.0 Å². The zero-order chi connectivity index (χ0) is 13.1. The van der Waals surface area contributed by atoms with Crippen LogP contribution in [-0.2, 0) is 10.0 Å². The van der Waals surface area contributed by atoms with Crippen molar-refractivity contribution in [3.8, 4) is 0 Å². The second-order valence-electron chi connectivity index (χ2n) is 3.34. The van der Waals surface area contributed by atoms with E-state index in [1.54, 1.807) is 6.92 Å². The maximum absolute atomic E-state index is 13.1. The number of halogens is 1. The number of carbonyl (C=O) groups is 1. The number of rotatable bonds is 5. The lowest BCUT2D eigenvalue weighted by Gasteiger charge is -2.06. The molecular formula is C10H12FNO4S. The summed E-state index contributed by atoms with van der Waals surface area (Å²) in [5.74, 6) is -2.47. The van der Waals surface area contributed by atoms with Crippen LogP contribution in [0.2, 0.25) is 0 Å². The van der Waals surface area contributed by atoms with Crippen molar-refractivity contribution < 1.29 is 22.7 Å². The third kappa shape index (κ3) is 3.24. The standard InChI is InChI=1S/C10H12FNO4S/c1-2-5-12-17(15,16)7-3-4-9(11)8(6-7)10(13)14/h3-4,6,12H,2,5H2,1H3,(H,13,14). The van der Waals surface area contributed by atoms with Crippen LogP contribution in [0.25, 0.3) is 0 Å². The Balaban J connectivity index is 3.16. The van der Waals surface area contributed by atoms with E-state index >= 15 is 0 Å². The molecule has 0 atom stereocenters. The summed E-state index contributed by atoms with van der Waals surface area (Å²) in [5, 5.41) is 8.68. The quantitative estimate of drug-likeness (QED) is 0.834. The van der Waals surface area contributed by atoms with Gasteiger partial charge in [0.2, 0.25) is 10.0 Å². The largest absolute Gasteiger partial charge is 0.478 e. The van der Waals surface area contributed by atoms with Gasteiger partial charge in [-0.15, -0.1) is 0 Å². The topological polar surface area (TPSA) is 83.5 Å². The maximum atomic E-state index is 13.1. The molecule has 0 unspecified atom stereocenters. The molecule has 1 rings (SSSR count). The van der Waals surface area contributed by atoms with Gasteiger partial charge in [0.15, 0.2) is 0 Å². The number of carboxylic acid groups (broad SMARTS) is 1. The van der Waals surface area contributed by atoms with Gasteiger partial charge >= 0.3 is 5.97 Å². The van der Waals surface area contributed by atoms with Crippen molar-refractivity contribution in [3.63, 3.8) is 0 Å². The third-order valence-electron chi connectivity index (χ3n) is 2.02. The molecule has 0 amide bonds. The van der Waals surface area contributed by atoms with Crippen LogP contribution in [0, 0.1) is 5.82 Å². The van der Waals surface area contributed by atoms with E-state index in [1.165, 1.54) is 0 Å². The smallest absolute Gasteiger partial charge is 0.338 e. The van der Waals surface area contributed by atoms with Gasteiger partial charge in [0, 0.05) is 6.54 Å². The highest BCUT2D eigenvalue weighted by Crippen LogP contribution is 2.15. The molecule has 2 N–H and O–H groups in total. The van der Waals surface area contributed by atoms with Gasteiger partial charge in [0.05, 0.1) is 10.5 Å². The average molecular weight is 261 g/mol. The van der Waals surface area contributed by atoms with Crippen molar-refractivity contribution in [2.45, 2.75) is 18.2 Å². The highest BCUT2D eigenvalue weighted by Gasteiger charge is 2.18. The van der Waals surface area contributed by atoms with Crippen molar-refractivity contribution in [3.05, 3.63) is 29.6 Å². The monoisotopic (exact) mass is 261 g/mol. The van der Waals surface area contributed by atoms with Crippen LogP contribution in [0.15, 0.2) is 23.1 Å². The number of aromatic carboxylic acids is 1. The normalized spacial score (nSPS) is 11.4. The molecule has 0 saturated heterocycles. The van der Waals surface area contributed by atoms with Crippen LogP contribution in [0.4, 0.5) is 4.39 Å². The summed E-state index contributed by atoms with van der Waals surface area (Å²) in [6.07, 6.45) is 0.603. The van der Waals surface area contributed by atoms with Gasteiger partial charge in [-0.05, 0) is 24.6 Å². The van der Waals surface area contributed by atoms with E-state index in [9.17, 15) is 17.6 Å². The highest BCUT2D eigenvalue weighted by molar-refractivity contribution is 7.89. The summed E-state index contributed by atoms with van der Waals surface area (Å²) in [7, 11) is -3.78. The zero-order valence-corrected chi connectivity index (χ0v) is 9.92. The van der Waals surface area contributed by atoms with Crippen molar-refractivity contribution in [2.24, 2.45) is 0 Å². The second kappa shape index (κ2) is 5.24. The molecule has 1 aromatic carbocycles. The van der Waals surface area contributed by atoms with Gasteiger partial charge in [0.25, 0.3) is 0 Å². The molecule has 5 nitrogen and oxygen atoms in total. The average Bonchev–Trinajstić information content (AvgIpc) is 2.26. The molecule has 1 aromatic rings. The van der Waals surface area contributed by atoms with E-state index in [-0.39, 0.29) is 11.4 Å². The first-order valence-electron chi connectivity index (χ1n) is 4.91. The molecule has 0 spiro atoms. The van der Waals surface area contributed by atoms with Gasteiger partial charge in [-0.2, -0.15) is 0 Å². The molecule has 0 heterocycles. The minimum Gasteiger partial charge on any atom is -0.478 e. The van der Waals surface area contributed by atoms with E-state index in [1.807, 2.05) is 0 Å². The fraction of sp³-hybridized carbons (Fsp3) is 0.300. The summed E-state index contributed by atoms with van der Waals surface area (Å²) in [5.41, 5.74) is -0.663. The summed E-state index contributed by atoms with van der Waals surface area (Å²) in [4.78, 5) is 10.4. The summed E-state index contributed by atoms with van der Waals surface area (Å²) >= 11 is 0. The molecular weight excluding hydrogens is 249 g/mol. The molecule has 0 aliphatic heterocycles. The molecule has 94 valence electrons. The summed E-state index contributed by atoms with van der Waals surface area (Å²) in [6, 6.07) is 2.65. The number of sulfonamides is 1. The Morgan fingerprint density at radius 3 is 2.65 bits per heavy atom. The number of hydrogen-bond acceptors (Lipinski definition) is 3. The number of nitrogens with one attached hydrogen (secondary N) is 1. The Hall–Kier alpha value is -1.47. The fourth-order valence-corrected chi connectivity index (χ4v) is 2.31. The molecule has 0 radical (unpaired) electrons. The fourth-order valence-electron chi connectivity index (χ4n) is 1.16. The van der Waals surface area contributed by atoms with Gasteiger partial charge < -0.3 is 5.11 Å². The van der Waals surface area contributed by atoms with Crippen molar-refractivity contribution in [1.82, 2.24) is 4.72 Å². The molecule has 0 saturated carbocycles. The molecule has 0 aliphatic carbocycles. The van der Waals surface area contributed by atoms with E-state index < -0.39 is 27.4 Å². The van der Waals surface area contributed by atoms with E-state index in [0.29, 0.717) is 6.42 Å². The zero-order valence-electron chi connectivity index (χ0n) is 9.10. The number of benzene rings is 1. The Morgan fingerprint density at radius 1 is 1.47 bits per heavy atom. The minimum atomic E-state index is -3.78. The second-order valence-corrected chi connectivity index (χ2v) is 5.11. The Morgan fingerprint density at radius 2 is 2.12 bits per heavy atom. The SMILES string of the molecule is CCCNS(=O)(=O)c1ccc(F)c(C(=O)O)c1. The van der Waals surface area contributed by atoms with Crippen LogP contribution in [0.3, 0.4) is 0 Å². The van der Waals surface area contributed by atoms with Gasteiger partial charge in [-0.25, -0.2) is 22.3 Å². The first-order chi connectivity index (χ1) is 7.88. The predicted octanol–water partition coefficient (Wildman–Crippen LogP) is 1.21. The van der Waals surface area contributed by atoms with Crippen LogP contribution in [0.1, 0.15) is 23.7 Å². The lowest BCUT2D eigenvalue weighted by Crippen LogP contribution is -2.24. The lowest BCUT2D eigenvalue weighted by atomic mass is 10.2. The van der Waals surface area contributed by atoms with E-state index in [0.717, 1.165) is 18.2 Å². The Labute approximate surface area is 98.3 Å². The van der Waals surface area contributed by atoms with Crippen LogP contribution < -0.4 is 4.72 Å². The molecule has 0 bridgehead atoms. The highest BCUT2D eigenvalue weighted by atomic mass is 32.2. The van der Waals surface area contributed by atoms with Gasteiger partial charge in [-0.3, -0.25) is 0 Å².